The van der Waals surface area contributed by atoms with Crippen molar-refractivity contribution in [2.24, 2.45) is 0 Å². The summed E-state index contributed by atoms with van der Waals surface area (Å²) in [6, 6.07) is 7.96. The van der Waals surface area contributed by atoms with E-state index < -0.39 is 0 Å². The first kappa shape index (κ1) is 18.3. The van der Waals surface area contributed by atoms with Gasteiger partial charge in [-0.15, -0.1) is 11.3 Å². The topological polar surface area (TPSA) is 38.3 Å². The molecule has 1 aliphatic rings. The maximum Gasteiger partial charge on any atom is 0.261 e. The maximum atomic E-state index is 12.4. The fraction of sp³-hybridized carbons (Fsp3) is 0.450. The lowest BCUT2D eigenvalue weighted by Gasteiger charge is -2.15. The first-order chi connectivity index (χ1) is 12.1. The van der Waals surface area contributed by atoms with Crippen molar-refractivity contribution in [1.82, 2.24) is 5.32 Å². The summed E-state index contributed by atoms with van der Waals surface area (Å²) in [6.07, 6.45) is 7.19. The molecule has 1 aliphatic carbocycles. The van der Waals surface area contributed by atoms with Crippen LogP contribution < -0.4 is 10.1 Å². The summed E-state index contributed by atoms with van der Waals surface area (Å²) < 4.78 is 5.81. The van der Waals surface area contributed by atoms with E-state index in [1.165, 1.54) is 37.0 Å². The second-order valence-electron chi connectivity index (χ2n) is 6.70. The molecule has 0 atom stereocenters. The van der Waals surface area contributed by atoms with Crippen molar-refractivity contribution in [3.63, 3.8) is 0 Å². The Morgan fingerprint density at radius 1 is 1.24 bits per heavy atom. The minimum Gasteiger partial charge on any atom is -0.487 e. The monoisotopic (exact) mass is 377 g/mol. The van der Waals surface area contributed by atoms with E-state index in [4.69, 9.17) is 16.3 Å². The number of thiophene rings is 1. The normalized spacial score (nSPS) is 15.6. The molecule has 0 unspecified atom stereocenters. The summed E-state index contributed by atoms with van der Waals surface area (Å²) in [6.45, 7) is 2.42. The van der Waals surface area contributed by atoms with Crippen LogP contribution >= 0.6 is 22.9 Å². The van der Waals surface area contributed by atoms with Gasteiger partial charge in [-0.25, -0.2) is 0 Å². The molecule has 3 nitrogen and oxygen atoms in total. The number of carbonyl (C=O) groups is 1. The third kappa shape index (κ3) is 5.23. The highest BCUT2D eigenvalue weighted by molar-refractivity contribution is 7.12. The van der Waals surface area contributed by atoms with Gasteiger partial charge in [-0.3, -0.25) is 4.79 Å². The lowest BCUT2D eigenvalue weighted by Crippen LogP contribution is -2.33. The van der Waals surface area contributed by atoms with Gasteiger partial charge >= 0.3 is 0 Å². The molecule has 25 heavy (non-hydrogen) atoms. The number of halogens is 1. The number of benzene rings is 1. The van der Waals surface area contributed by atoms with E-state index in [0.29, 0.717) is 23.4 Å². The summed E-state index contributed by atoms with van der Waals surface area (Å²) in [5, 5.41) is 5.77. The van der Waals surface area contributed by atoms with E-state index in [2.05, 4.69) is 5.32 Å². The number of nitrogens with one attached hydrogen (secondary N) is 1. The maximum absolute atomic E-state index is 12.4. The van der Waals surface area contributed by atoms with E-state index in [9.17, 15) is 4.79 Å². The summed E-state index contributed by atoms with van der Waals surface area (Å²) in [7, 11) is 0. The van der Waals surface area contributed by atoms with Crippen LogP contribution in [-0.4, -0.2) is 11.9 Å². The number of carbonyl (C=O) groups excluding carboxylic acids is 1. The van der Waals surface area contributed by atoms with Crippen LogP contribution in [0.3, 0.4) is 0 Å². The average molecular weight is 378 g/mol. The van der Waals surface area contributed by atoms with Gasteiger partial charge in [0.2, 0.25) is 0 Å². The lowest BCUT2D eigenvalue weighted by molar-refractivity contribution is 0.0937. The second-order valence-corrected chi connectivity index (χ2v) is 8.02. The fourth-order valence-corrected chi connectivity index (χ4v) is 4.10. The molecule has 1 fully saturated rings. The van der Waals surface area contributed by atoms with E-state index >= 15 is 0 Å². The molecule has 134 valence electrons. The van der Waals surface area contributed by atoms with Gasteiger partial charge < -0.3 is 10.1 Å². The molecule has 0 spiro atoms. The Morgan fingerprint density at radius 2 is 2.00 bits per heavy atom. The molecular formula is C20H24ClNO2S. The average Bonchev–Trinajstić information content (AvgIpc) is 2.93. The number of hydrogen-bond acceptors (Lipinski definition) is 3. The van der Waals surface area contributed by atoms with Crippen LogP contribution in [0.4, 0.5) is 0 Å². The number of ether oxygens (including phenoxy) is 1. The summed E-state index contributed by atoms with van der Waals surface area (Å²) in [5.74, 6) is 0.717. The van der Waals surface area contributed by atoms with Crippen molar-refractivity contribution in [2.45, 2.75) is 58.1 Å². The second kappa shape index (κ2) is 8.72. The van der Waals surface area contributed by atoms with Gasteiger partial charge in [0.1, 0.15) is 12.4 Å². The third-order valence-corrected chi connectivity index (χ3v) is 5.84. The molecule has 0 radical (unpaired) electrons. The summed E-state index contributed by atoms with van der Waals surface area (Å²) in [5.41, 5.74) is 2.10. The quantitative estimate of drug-likeness (QED) is 0.674. The Bertz CT molecular complexity index is 720. The molecule has 0 bridgehead atoms. The first-order valence-electron chi connectivity index (χ1n) is 8.89. The number of amides is 1. The molecule has 1 aromatic carbocycles. The number of rotatable bonds is 5. The van der Waals surface area contributed by atoms with Crippen LogP contribution in [0.2, 0.25) is 5.02 Å². The minimum atomic E-state index is 0.0386. The van der Waals surface area contributed by atoms with Crippen molar-refractivity contribution in [2.75, 3.05) is 0 Å². The molecule has 1 amide bonds. The van der Waals surface area contributed by atoms with Gasteiger partial charge in [0.25, 0.3) is 5.91 Å². The predicted octanol–water partition coefficient (Wildman–Crippen LogP) is 5.74. The Balaban J connectivity index is 1.56. The van der Waals surface area contributed by atoms with E-state index in [0.717, 1.165) is 28.8 Å². The van der Waals surface area contributed by atoms with Crippen LogP contribution in [0.15, 0.2) is 29.6 Å². The van der Waals surface area contributed by atoms with Gasteiger partial charge in [0.05, 0.1) is 9.90 Å². The molecular weight excluding hydrogens is 354 g/mol. The van der Waals surface area contributed by atoms with Crippen LogP contribution in [0.1, 0.15) is 59.3 Å². The zero-order valence-electron chi connectivity index (χ0n) is 14.5. The summed E-state index contributed by atoms with van der Waals surface area (Å²) >= 11 is 7.62. The molecule has 5 heteroatoms. The van der Waals surface area contributed by atoms with E-state index in [-0.39, 0.29) is 5.91 Å². The molecule has 2 aromatic rings. The van der Waals surface area contributed by atoms with Crippen molar-refractivity contribution < 1.29 is 9.53 Å². The Labute approximate surface area is 158 Å². The van der Waals surface area contributed by atoms with E-state index in [1.807, 2.05) is 36.6 Å². The highest BCUT2D eigenvalue weighted by Gasteiger charge is 2.17. The van der Waals surface area contributed by atoms with Crippen molar-refractivity contribution in [3.8, 4) is 5.75 Å². The molecule has 1 saturated carbocycles. The SMILES string of the molecule is Cc1ccc(Cl)c(OCc2csc(C(=O)NC3CCCCCC3)c2)c1. The van der Waals surface area contributed by atoms with Crippen LogP contribution in [0, 0.1) is 6.92 Å². The van der Waals surface area contributed by atoms with Crippen LogP contribution in [-0.2, 0) is 6.61 Å². The number of hydrogen-bond donors (Lipinski definition) is 1. The Morgan fingerprint density at radius 3 is 2.76 bits per heavy atom. The van der Waals surface area contributed by atoms with Gasteiger partial charge in [-0.1, -0.05) is 43.4 Å². The molecule has 1 N–H and O–H groups in total. The molecule has 1 heterocycles. The zero-order chi connectivity index (χ0) is 17.6. The molecule has 0 aliphatic heterocycles. The van der Waals surface area contributed by atoms with Gasteiger partial charge in [0, 0.05) is 11.6 Å². The summed E-state index contributed by atoms with van der Waals surface area (Å²) in [4.78, 5) is 13.2. The zero-order valence-corrected chi connectivity index (χ0v) is 16.1. The van der Waals surface area contributed by atoms with E-state index in [1.54, 1.807) is 0 Å². The van der Waals surface area contributed by atoms with Crippen molar-refractivity contribution in [1.29, 1.82) is 0 Å². The van der Waals surface area contributed by atoms with Gasteiger partial charge in [-0.2, -0.15) is 0 Å². The first-order valence-corrected chi connectivity index (χ1v) is 10.1. The smallest absolute Gasteiger partial charge is 0.261 e. The molecule has 1 aromatic heterocycles. The molecule has 0 saturated heterocycles. The Hall–Kier alpha value is -1.52. The van der Waals surface area contributed by atoms with Gasteiger partial charge in [0.15, 0.2) is 0 Å². The Kier molecular flexibility index (Phi) is 6.38. The van der Waals surface area contributed by atoms with Gasteiger partial charge in [-0.05, 0) is 48.9 Å². The van der Waals surface area contributed by atoms with Crippen LogP contribution in [0.25, 0.3) is 0 Å². The lowest BCUT2D eigenvalue weighted by atomic mass is 10.1. The number of aryl methyl sites for hydroxylation is 1. The standard InChI is InChI=1S/C20H24ClNO2S/c1-14-8-9-17(21)18(10-14)24-12-15-11-19(25-13-15)20(23)22-16-6-4-2-3-5-7-16/h8-11,13,16H,2-7,12H2,1H3,(H,22,23). The van der Waals surface area contributed by atoms with Crippen molar-refractivity contribution in [3.05, 3.63) is 50.7 Å². The largest absolute Gasteiger partial charge is 0.487 e. The van der Waals surface area contributed by atoms with Crippen LogP contribution in [0.5, 0.6) is 5.75 Å². The predicted molar refractivity (Wildman–Crippen MR) is 104 cm³/mol. The third-order valence-electron chi connectivity index (χ3n) is 4.55. The highest BCUT2D eigenvalue weighted by atomic mass is 35.5. The van der Waals surface area contributed by atoms with Crippen molar-refractivity contribution >= 4 is 28.8 Å². The fourth-order valence-electron chi connectivity index (χ4n) is 3.13. The highest BCUT2D eigenvalue weighted by Crippen LogP contribution is 2.27. The minimum absolute atomic E-state index is 0.0386. The molecule has 3 rings (SSSR count).